The van der Waals surface area contributed by atoms with Crippen LogP contribution in [0.1, 0.15) is 34.3 Å². The van der Waals surface area contributed by atoms with E-state index in [0.717, 1.165) is 12.7 Å². The number of ether oxygens (including phenoxy) is 2. The van der Waals surface area contributed by atoms with Crippen LogP contribution in [-0.4, -0.2) is 71.8 Å². The van der Waals surface area contributed by atoms with Crippen LogP contribution in [0.4, 0.5) is 0 Å². The second-order valence-corrected chi connectivity index (χ2v) is 13.0. The highest BCUT2D eigenvalue weighted by atomic mass is 31.2. The van der Waals surface area contributed by atoms with E-state index >= 15 is 0 Å². The molecular weight excluding hydrogens is 705 g/mol. The van der Waals surface area contributed by atoms with Crippen molar-refractivity contribution in [3.63, 3.8) is 0 Å². The number of benzene rings is 4. The standard InChI is InChI=1S/C38H40N3O11P/c1-50-34(42)22-21-31(38(46)51-2)39-36(44)33(24-26-11-7-4-8-12-26)41-37(45)32(23-25-9-5-3-6-10-25)40-35(43)29-15-13-27(14-16-29)28-17-19-30(20-18-28)52-53(47,48)49/h3-20,31-33H,21-24H2,1-2H3,(H,39,44)(H,40,43)(H,41,45)(H2,47,48,49)/t31-,32-,33-/m1/s1. The number of amides is 3. The molecule has 4 rings (SSSR count). The first-order chi connectivity index (χ1) is 25.3. The van der Waals surface area contributed by atoms with Gasteiger partial charge in [-0.05, 0) is 52.9 Å². The van der Waals surface area contributed by atoms with Gasteiger partial charge in [0.05, 0.1) is 14.2 Å². The van der Waals surface area contributed by atoms with E-state index in [0.29, 0.717) is 16.7 Å². The average molecular weight is 746 g/mol. The van der Waals surface area contributed by atoms with Crippen molar-refractivity contribution in [2.24, 2.45) is 0 Å². The molecule has 0 aliphatic rings. The molecule has 0 aromatic heterocycles. The van der Waals surface area contributed by atoms with Gasteiger partial charge in [-0.15, -0.1) is 0 Å². The maximum absolute atomic E-state index is 14.0. The molecule has 4 aromatic rings. The van der Waals surface area contributed by atoms with Crippen molar-refractivity contribution in [2.45, 2.75) is 43.8 Å². The molecule has 0 saturated carbocycles. The Morgan fingerprint density at radius 2 is 1.09 bits per heavy atom. The van der Waals surface area contributed by atoms with E-state index < -0.39 is 55.6 Å². The molecule has 0 aliphatic heterocycles. The highest BCUT2D eigenvalue weighted by Crippen LogP contribution is 2.38. The molecule has 0 bridgehead atoms. The quantitative estimate of drug-likeness (QED) is 0.0781. The Balaban J connectivity index is 1.54. The fourth-order valence-corrected chi connectivity index (χ4v) is 5.72. The van der Waals surface area contributed by atoms with E-state index in [-0.39, 0.29) is 37.0 Å². The SMILES string of the molecule is COC(=O)CC[C@@H](NC(=O)[C@@H](Cc1ccccc1)NC(=O)[C@@H](Cc1ccccc1)NC(=O)c1ccc(-c2ccc(OP(=O)(O)O)cc2)cc1)C(=O)OC. The molecule has 0 radical (unpaired) electrons. The van der Waals surface area contributed by atoms with Gasteiger partial charge in [0.1, 0.15) is 23.9 Å². The number of esters is 2. The van der Waals surface area contributed by atoms with Crippen LogP contribution in [0.25, 0.3) is 11.1 Å². The number of methoxy groups -OCH3 is 2. The lowest BCUT2D eigenvalue weighted by Gasteiger charge is -2.25. The van der Waals surface area contributed by atoms with Crippen molar-refractivity contribution in [1.29, 1.82) is 0 Å². The van der Waals surface area contributed by atoms with E-state index in [1.54, 1.807) is 91.0 Å². The van der Waals surface area contributed by atoms with Gasteiger partial charge in [-0.2, -0.15) is 0 Å². The topological polar surface area (TPSA) is 207 Å². The Labute approximate surface area is 306 Å². The zero-order valence-corrected chi connectivity index (χ0v) is 29.9. The highest BCUT2D eigenvalue weighted by molar-refractivity contribution is 7.46. The lowest BCUT2D eigenvalue weighted by Crippen LogP contribution is -2.57. The number of carbonyl (C=O) groups is 5. The largest absolute Gasteiger partial charge is 0.524 e. The summed E-state index contributed by atoms with van der Waals surface area (Å²) in [5.41, 5.74) is 3.09. The second-order valence-electron chi connectivity index (χ2n) is 11.8. The molecule has 0 fully saturated rings. The number of rotatable bonds is 17. The van der Waals surface area contributed by atoms with Gasteiger partial charge in [0.25, 0.3) is 5.91 Å². The molecule has 0 saturated heterocycles. The number of phosphoric ester groups is 1. The van der Waals surface area contributed by atoms with Gasteiger partial charge in [-0.25, -0.2) is 9.36 Å². The Morgan fingerprint density at radius 3 is 1.57 bits per heavy atom. The van der Waals surface area contributed by atoms with Crippen LogP contribution in [-0.2, 0) is 46.1 Å². The van der Waals surface area contributed by atoms with E-state index in [9.17, 15) is 28.5 Å². The lowest BCUT2D eigenvalue weighted by atomic mass is 10.0. The molecule has 0 unspecified atom stereocenters. The van der Waals surface area contributed by atoms with Gasteiger partial charge >= 0.3 is 19.8 Å². The van der Waals surface area contributed by atoms with Crippen molar-refractivity contribution in [3.05, 3.63) is 126 Å². The summed E-state index contributed by atoms with van der Waals surface area (Å²) in [5.74, 6) is -3.29. The smallest absolute Gasteiger partial charge is 0.469 e. The number of hydrogen-bond acceptors (Lipinski definition) is 9. The Bertz CT molecular complexity index is 1900. The molecule has 15 heteroatoms. The Hall–Kier alpha value is -5.82. The molecule has 14 nitrogen and oxygen atoms in total. The highest BCUT2D eigenvalue weighted by Gasteiger charge is 2.31. The van der Waals surface area contributed by atoms with E-state index in [2.05, 4.69) is 25.2 Å². The van der Waals surface area contributed by atoms with Gasteiger partial charge in [0.2, 0.25) is 11.8 Å². The summed E-state index contributed by atoms with van der Waals surface area (Å²) in [6, 6.07) is 26.9. The molecule has 3 atom stereocenters. The minimum atomic E-state index is -4.70. The third-order valence-corrected chi connectivity index (χ3v) is 8.49. The molecule has 0 aliphatic carbocycles. The number of nitrogens with one attached hydrogen (secondary N) is 3. The molecular formula is C38H40N3O11P. The van der Waals surface area contributed by atoms with Gasteiger partial charge < -0.3 is 29.9 Å². The monoisotopic (exact) mass is 745 g/mol. The molecule has 0 spiro atoms. The molecule has 3 amide bonds. The normalized spacial score (nSPS) is 12.7. The maximum Gasteiger partial charge on any atom is 0.524 e. The number of carbonyl (C=O) groups excluding carboxylic acids is 5. The van der Waals surface area contributed by atoms with E-state index in [1.807, 2.05) is 6.07 Å². The predicted octanol–water partition coefficient (Wildman–Crippen LogP) is 3.50. The van der Waals surface area contributed by atoms with Crippen molar-refractivity contribution in [1.82, 2.24) is 16.0 Å². The summed E-state index contributed by atoms with van der Waals surface area (Å²) in [7, 11) is -2.35. The third-order valence-electron chi connectivity index (χ3n) is 8.05. The fraction of sp³-hybridized carbons (Fsp3) is 0.237. The summed E-state index contributed by atoms with van der Waals surface area (Å²) >= 11 is 0. The summed E-state index contributed by atoms with van der Waals surface area (Å²) in [4.78, 5) is 83.6. The average Bonchev–Trinajstić information content (AvgIpc) is 3.15. The van der Waals surface area contributed by atoms with E-state index in [4.69, 9.17) is 14.5 Å². The summed E-state index contributed by atoms with van der Waals surface area (Å²) < 4.78 is 25.2. The summed E-state index contributed by atoms with van der Waals surface area (Å²) in [5, 5.41) is 8.14. The lowest BCUT2D eigenvalue weighted by molar-refractivity contribution is -0.146. The van der Waals surface area contributed by atoms with Crippen LogP contribution in [0, 0.1) is 0 Å². The first-order valence-corrected chi connectivity index (χ1v) is 18.0. The summed E-state index contributed by atoms with van der Waals surface area (Å²) in [6.45, 7) is 0. The van der Waals surface area contributed by atoms with Crippen LogP contribution in [0.3, 0.4) is 0 Å². The summed E-state index contributed by atoms with van der Waals surface area (Å²) in [6.07, 6.45) is -0.135. The zero-order valence-electron chi connectivity index (χ0n) is 29.0. The number of phosphoric acid groups is 1. The van der Waals surface area contributed by atoms with Gasteiger partial charge in [0.15, 0.2) is 0 Å². The van der Waals surface area contributed by atoms with Crippen LogP contribution >= 0.6 is 7.82 Å². The number of hydrogen-bond donors (Lipinski definition) is 5. The second kappa shape index (κ2) is 19.1. The fourth-order valence-electron chi connectivity index (χ4n) is 5.32. The van der Waals surface area contributed by atoms with Crippen molar-refractivity contribution in [3.8, 4) is 16.9 Å². The maximum atomic E-state index is 14.0. The Morgan fingerprint density at radius 1 is 0.623 bits per heavy atom. The van der Waals surface area contributed by atoms with Gasteiger partial charge in [-0.3, -0.25) is 29.0 Å². The third kappa shape index (κ3) is 12.7. The van der Waals surface area contributed by atoms with Crippen molar-refractivity contribution < 1.29 is 52.3 Å². The minimum absolute atomic E-state index is 0.00819. The van der Waals surface area contributed by atoms with Crippen LogP contribution in [0.15, 0.2) is 109 Å². The van der Waals surface area contributed by atoms with Crippen molar-refractivity contribution in [2.75, 3.05) is 14.2 Å². The van der Waals surface area contributed by atoms with Crippen LogP contribution in [0.2, 0.25) is 0 Å². The van der Waals surface area contributed by atoms with Gasteiger partial charge in [-0.1, -0.05) is 84.9 Å². The first-order valence-electron chi connectivity index (χ1n) is 16.4. The first kappa shape index (κ1) is 40.0. The van der Waals surface area contributed by atoms with Gasteiger partial charge in [0, 0.05) is 24.8 Å². The van der Waals surface area contributed by atoms with Crippen molar-refractivity contribution >= 4 is 37.5 Å². The van der Waals surface area contributed by atoms with E-state index in [1.165, 1.54) is 19.2 Å². The molecule has 0 heterocycles. The predicted molar refractivity (Wildman–Crippen MR) is 193 cm³/mol. The molecule has 278 valence electrons. The van der Waals surface area contributed by atoms with Crippen LogP contribution < -0.4 is 20.5 Å². The Kier molecular flexibility index (Phi) is 14.4. The molecule has 53 heavy (non-hydrogen) atoms. The van der Waals surface area contributed by atoms with Crippen LogP contribution in [0.5, 0.6) is 5.75 Å². The minimum Gasteiger partial charge on any atom is -0.469 e. The molecule has 4 aromatic carbocycles. The zero-order chi connectivity index (χ0) is 38.4. The molecule has 5 N–H and O–H groups in total.